The van der Waals surface area contributed by atoms with Crippen molar-refractivity contribution < 1.29 is 5.11 Å². The van der Waals surface area contributed by atoms with E-state index < -0.39 is 0 Å². The van der Waals surface area contributed by atoms with Crippen molar-refractivity contribution in [1.29, 1.82) is 0 Å². The first-order valence-corrected chi connectivity index (χ1v) is 3.89. The van der Waals surface area contributed by atoms with Crippen LogP contribution < -0.4 is 5.32 Å². The van der Waals surface area contributed by atoms with Crippen LogP contribution in [0.3, 0.4) is 0 Å². The standard InChI is InChI=1S/C9H10N2O/c12-6-7-3-5-10-8-2-1-4-11-9(7)8/h1-5,8,10,12H,6H2. The minimum absolute atomic E-state index is 0.0508. The lowest BCUT2D eigenvalue weighted by Crippen LogP contribution is -2.29. The van der Waals surface area contributed by atoms with Gasteiger partial charge >= 0.3 is 0 Å². The molecule has 3 nitrogen and oxygen atoms in total. The number of rotatable bonds is 1. The van der Waals surface area contributed by atoms with Crippen LogP contribution in [0.15, 0.2) is 40.7 Å². The Morgan fingerprint density at radius 1 is 1.58 bits per heavy atom. The smallest absolute Gasteiger partial charge is 0.0872 e. The molecule has 0 radical (unpaired) electrons. The third-order valence-electron chi connectivity index (χ3n) is 1.96. The molecule has 0 saturated heterocycles. The van der Waals surface area contributed by atoms with Gasteiger partial charge in [-0.25, -0.2) is 0 Å². The van der Waals surface area contributed by atoms with E-state index in [9.17, 15) is 0 Å². The molecular weight excluding hydrogens is 152 g/mol. The molecule has 0 aromatic rings. The molecule has 1 atom stereocenters. The zero-order chi connectivity index (χ0) is 8.39. The topological polar surface area (TPSA) is 44.6 Å². The monoisotopic (exact) mass is 162 g/mol. The predicted molar refractivity (Wildman–Crippen MR) is 47.8 cm³/mol. The number of aliphatic imine (C=N–C) groups is 1. The summed E-state index contributed by atoms with van der Waals surface area (Å²) < 4.78 is 0. The third kappa shape index (κ3) is 1.08. The molecule has 0 fully saturated rings. The molecule has 3 heteroatoms. The first kappa shape index (κ1) is 7.31. The molecule has 2 rings (SSSR count). The van der Waals surface area contributed by atoms with Crippen molar-refractivity contribution in [2.24, 2.45) is 4.99 Å². The van der Waals surface area contributed by atoms with Crippen LogP contribution in [0.1, 0.15) is 0 Å². The highest BCUT2D eigenvalue weighted by Crippen LogP contribution is 2.18. The summed E-state index contributed by atoms with van der Waals surface area (Å²) in [5.41, 5.74) is 1.81. The van der Waals surface area contributed by atoms with Crippen LogP contribution in [-0.4, -0.2) is 24.0 Å². The number of hydrogen-bond donors (Lipinski definition) is 2. The molecule has 2 N–H and O–H groups in total. The number of hydrogen-bond acceptors (Lipinski definition) is 3. The van der Waals surface area contributed by atoms with Crippen molar-refractivity contribution in [3.05, 3.63) is 35.7 Å². The summed E-state index contributed by atoms with van der Waals surface area (Å²) in [6.07, 6.45) is 9.34. The lowest BCUT2D eigenvalue weighted by molar-refractivity contribution is 0.332. The minimum atomic E-state index is 0.0508. The van der Waals surface area contributed by atoms with Crippen molar-refractivity contribution >= 4 is 6.21 Å². The van der Waals surface area contributed by atoms with Gasteiger partial charge in [-0.3, -0.25) is 4.99 Å². The number of fused-ring (bicyclic) bond motifs is 1. The third-order valence-corrected chi connectivity index (χ3v) is 1.96. The van der Waals surface area contributed by atoms with Gasteiger partial charge < -0.3 is 10.4 Å². The van der Waals surface area contributed by atoms with Crippen molar-refractivity contribution in [2.75, 3.05) is 6.61 Å². The summed E-state index contributed by atoms with van der Waals surface area (Å²) in [7, 11) is 0. The Balaban J connectivity index is 2.39. The molecule has 1 unspecified atom stereocenters. The molecule has 0 aromatic carbocycles. The SMILES string of the molecule is OCC1=C2N=CC=CC2NC=C1. The molecule has 62 valence electrons. The molecule has 0 amide bonds. The van der Waals surface area contributed by atoms with Crippen molar-refractivity contribution in [2.45, 2.75) is 6.04 Å². The Kier molecular flexibility index (Phi) is 1.80. The molecule has 2 heterocycles. The highest BCUT2D eigenvalue weighted by molar-refractivity contribution is 5.75. The summed E-state index contributed by atoms with van der Waals surface area (Å²) >= 11 is 0. The van der Waals surface area contributed by atoms with Gasteiger partial charge in [0.1, 0.15) is 0 Å². The van der Waals surface area contributed by atoms with Gasteiger partial charge in [-0.15, -0.1) is 0 Å². The van der Waals surface area contributed by atoms with Gasteiger partial charge in [-0.2, -0.15) is 0 Å². The van der Waals surface area contributed by atoms with E-state index in [1.165, 1.54) is 0 Å². The van der Waals surface area contributed by atoms with E-state index in [-0.39, 0.29) is 12.6 Å². The van der Waals surface area contributed by atoms with Crippen LogP contribution in [-0.2, 0) is 0 Å². The summed E-state index contributed by atoms with van der Waals surface area (Å²) in [5.74, 6) is 0. The minimum Gasteiger partial charge on any atom is -0.392 e. The van der Waals surface area contributed by atoms with Crippen LogP contribution in [0.5, 0.6) is 0 Å². The predicted octanol–water partition coefficient (Wildman–Crippen LogP) is 0.359. The zero-order valence-electron chi connectivity index (χ0n) is 6.57. The van der Waals surface area contributed by atoms with E-state index in [0.29, 0.717) is 0 Å². The van der Waals surface area contributed by atoms with E-state index in [1.807, 2.05) is 24.4 Å². The lowest BCUT2D eigenvalue weighted by atomic mass is 10.0. The van der Waals surface area contributed by atoms with Gasteiger partial charge in [0.15, 0.2) is 0 Å². The molecule has 0 aliphatic carbocycles. The Morgan fingerprint density at radius 2 is 2.50 bits per heavy atom. The van der Waals surface area contributed by atoms with Crippen LogP contribution >= 0.6 is 0 Å². The van der Waals surface area contributed by atoms with E-state index in [1.54, 1.807) is 6.21 Å². The van der Waals surface area contributed by atoms with Gasteiger partial charge in [0.25, 0.3) is 0 Å². The number of nitrogens with zero attached hydrogens (tertiary/aromatic N) is 1. The van der Waals surface area contributed by atoms with E-state index in [4.69, 9.17) is 5.11 Å². The lowest BCUT2D eigenvalue weighted by Gasteiger charge is -2.22. The quantitative estimate of drug-likeness (QED) is 0.584. The highest BCUT2D eigenvalue weighted by Gasteiger charge is 2.16. The molecular formula is C9H10N2O. The summed E-state index contributed by atoms with van der Waals surface area (Å²) in [5, 5.41) is 12.1. The van der Waals surface area contributed by atoms with E-state index >= 15 is 0 Å². The first-order valence-electron chi connectivity index (χ1n) is 3.89. The maximum absolute atomic E-state index is 9.00. The maximum Gasteiger partial charge on any atom is 0.0872 e. The van der Waals surface area contributed by atoms with E-state index in [2.05, 4.69) is 10.3 Å². The second-order valence-corrected chi connectivity index (χ2v) is 2.71. The fourth-order valence-electron chi connectivity index (χ4n) is 1.34. The summed E-state index contributed by atoms with van der Waals surface area (Å²) in [6, 6.07) is 0.141. The second kappa shape index (κ2) is 2.95. The van der Waals surface area contributed by atoms with Gasteiger partial charge in [-0.1, -0.05) is 6.08 Å². The van der Waals surface area contributed by atoms with Crippen LogP contribution in [0.2, 0.25) is 0 Å². The number of allylic oxidation sites excluding steroid dienone is 1. The number of aliphatic hydroxyl groups excluding tert-OH is 1. The molecule has 2 aliphatic heterocycles. The van der Waals surface area contributed by atoms with Crippen LogP contribution in [0.25, 0.3) is 0 Å². The normalized spacial score (nSPS) is 25.6. The number of nitrogens with one attached hydrogen (secondary N) is 1. The Bertz CT molecular complexity index is 300. The summed E-state index contributed by atoms with van der Waals surface area (Å²) in [6.45, 7) is 0.0508. The Labute approximate surface area is 70.8 Å². The maximum atomic E-state index is 9.00. The average molecular weight is 162 g/mol. The molecule has 0 bridgehead atoms. The summed E-state index contributed by atoms with van der Waals surface area (Å²) in [4.78, 5) is 4.20. The Morgan fingerprint density at radius 3 is 3.33 bits per heavy atom. The number of dihydropyridines is 2. The zero-order valence-corrected chi connectivity index (χ0v) is 6.57. The highest BCUT2D eigenvalue weighted by atomic mass is 16.3. The van der Waals surface area contributed by atoms with Gasteiger partial charge in [0.05, 0.1) is 18.3 Å². The van der Waals surface area contributed by atoms with Crippen LogP contribution in [0.4, 0.5) is 0 Å². The van der Waals surface area contributed by atoms with Crippen molar-refractivity contribution in [3.8, 4) is 0 Å². The first-order chi connectivity index (χ1) is 5.92. The van der Waals surface area contributed by atoms with Crippen LogP contribution in [0, 0.1) is 0 Å². The molecule has 2 aliphatic rings. The fraction of sp³-hybridized carbons (Fsp3) is 0.222. The Hall–Kier alpha value is -1.35. The fourth-order valence-corrected chi connectivity index (χ4v) is 1.34. The largest absolute Gasteiger partial charge is 0.392 e. The second-order valence-electron chi connectivity index (χ2n) is 2.71. The molecule has 0 aromatic heterocycles. The van der Waals surface area contributed by atoms with Gasteiger partial charge in [-0.05, 0) is 18.4 Å². The molecule has 0 spiro atoms. The van der Waals surface area contributed by atoms with E-state index in [0.717, 1.165) is 11.3 Å². The van der Waals surface area contributed by atoms with Crippen molar-refractivity contribution in [1.82, 2.24) is 5.32 Å². The number of aliphatic hydroxyl groups is 1. The van der Waals surface area contributed by atoms with Gasteiger partial charge in [0.2, 0.25) is 0 Å². The molecule has 12 heavy (non-hydrogen) atoms. The van der Waals surface area contributed by atoms with Gasteiger partial charge in [0, 0.05) is 11.8 Å². The van der Waals surface area contributed by atoms with Crippen molar-refractivity contribution in [3.63, 3.8) is 0 Å². The molecule has 0 saturated carbocycles. The average Bonchev–Trinajstić information content (AvgIpc) is 2.17.